The van der Waals surface area contributed by atoms with Gasteiger partial charge < -0.3 is 5.32 Å². The third-order valence-corrected chi connectivity index (χ3v) is 6.97. The molecule has 0 bridgehead atoms. The van der Waals surface area contributed by atoms with Crippen molar-refractivity contribution < 1.29 is 13.2 Å². The van der Waals surface area contributed by atoms with Crippen LogP contribution in [0.4, 0.5) is 0 Å². The Morgan fingerprint density at radius 1 is 0.964 bits per heavy atom. The number of benzene rings is 2. The van der Waals surface area contributed by atoms with E-state index in [1.54, 1.807) is 30.3 Å². The van der Waals surface area contributed by atoms with Crippen LogP contribution < -0.4 is 5.32 Å². The van der Waals surface area contributed by atoms with E-state index in [0.717, 1.165) is 0 Å². The normalized spacial score (nSPS) is 17.2. The van der Waals surface area contributed by atoms with E-state index in [1.165, 1.54) is 9.87 Å². The summed E-state index contributed by atoms with van der Waals surface area (Å²) < 4.78 is 26.8. The average molecular weight is 402 g/mol. The molecule has 0 spiro atoms. The van der Waals surface area contributed by atoms with Crippen LogP contribution >= 0.6 is 0 Å². The highest BCUT2D eigenvalue weighted by Crippen LogP contribution is 2.17. The Hall–Kier alpha value is -2.22. The van der Waals surface area contributed by atoms with Crippen molar-refractivity contribution in [2.75, 3.05) is 39.3 Å². The fourth-order valence-electron chi connectivity index (χ4n) is 3.29. The van der Waals surface area contributed by atoms with Crippen LogP contribution in [-0.2, 0) is 14.8 Å². The van der Waals surface area contributed by atoms with Gasteiger partial charge in [-0.3, -0.25) is 9.69 Å². The molecular weight excluding hydrogens is 374 g/mol. The van der Waals surface area contributed by atoms with Gasteiger partial charge >= 0.3 is 0 Å². The van der Waals surface area contributed by atoms with Crippen LogP contribution in [0.15, 0.2) is 65.6 Å². The Labute approximate surface area is 167 Å². The van der Waals surface area contributed by atoms with E-state index in [-0.39, 0.29) is 11.8 Å². The lowest BCUT2D eigenvalue weighted by molar-refractivity contribution is -0.122. The predicted molar refractivity (Wildman–Crippen MR) is 110 cm³/mol. The molecule has 0 radical (unpaired) electrons. The van der Waals surface area contributed by atoms with Gasteiger partial charge in [0.25, 0.3) is 0 Å². The largest absolute Gasteiger partial charge is 0.354 e. The zero-order valence-corrected chi connectivity index (χ0v) is 16.9. The smallest absolute Gasteiger partial charge is 0.243 e. The number of carbonyl (C=O) groups is 1. The zero-order valence-electron chi connectivity index (χ0n) is 16.1. The Morgan fingerprint density at radius 3 is 2.14 bits per heavy atom. The molecule has 2 aromatic rings. The molecule has 1 fully saturated rings. The number of piperazine rings is 1. The van der Waals surface area contributed by atoms with Gasteiger partial charge in [0.15, 0.2) is 0 Å². The Morgan fingerprint density at radius 2 is 1.54 bits per heavy atom. The van der Waals surface area contributed by atoms with Crippen molar-refractivity contribution in [1.82, 2.24) is 14.5 Å². The molecule has 1 aliphatic heterocycles. The van der Waals surface area contributed by atoms with Gasteiger partial charge in [-0.2, -0.15) is 4.31 Å². The molecule has 0 saturated carbocycles. The van der Waals surface area contributed by atoms with Gasteiger partial charge in [0.2, 0.25) is 15.9 Å². The van der Waals surface area contributed by atoms with Crippen LogP contribution in [0, 0.1) is 0 Å². The summed E-state index contributed by atoms with van der Waals surface area (Å²) in [6, 6.07) is 18.6. The van der Waals surface area contributed by atoms with Gasteiger partial charge in [-0.1, -0.05) is 55.5 Å². The van der Waals surface area contributed by atoms with Crippen molar-refractivity contribution >= 4 is 15.9 Å². The quantitative estimate of drug-likeness (QED) is 0.770. The third kappa shape index (κ3) is 5.19. The minimum atomic E-state index is -3.46. The summed E-state index contributed by atoms with van der Waals surface area (Å²) >= 11 is 0. The van der Waals surface area contributed by atoms with Crippen molar-refractivity contribution in [3.05, 3.63) is 66.2 Å². The van der Waals surface area contributed by atoms with Crippen molar-refractivity contribution in [1.29, 1.82) is 0 Å². The second kappa shape index (κ2) is 9.32. The van der Waals surface area contributed by atoms with Crippen LogP contribution in [0.1, 0.15) is 18.4 Å². The Balaban J connectivity index is 1.44. The van der Waals surface area contributed by atoms with E-state index in [2.05, 4.69) is 24.4 Å². The van der Waals surface area contributed by atoms with E-state index in [9.17, 15) is 13.2 Å². The first kappa shape index (κ1) is 20.5. The van der Waals surface area contributed by atoms with Gasteiger partial charge in [0, 0.05) is 32.7 Å². The molecule has 150 valence electrons. The summed E-state index contributed by atoms with van der Waals surface area (Å²) in [6.45, 7) is 4.85. The monoisotopic (exact) mass is 401 g/mol. The van der Waals surface area contributed by atoms with E-state index >= 15 is 0 Å². The summed E-state index contributed by atoms with van der Waals surface area (Å²) in [4.78, 5) is 14.6. The average Bonchev–Trinajstić information content (AvgIpc) is 2.73. The maximum absolute atomic E-state index is 12.7. The highest BCUT2D eigenvalue weighted by atomic mass is 32.2. The van der Waals surface area contributed by atoms with E-state index in [0.29, 0.717) is 44.2 Å². The highest BCUT2D eigenvalue weighted by molar-refractivity contribution is 7.89. The molecule has 0 aliphatic carbocycles. The fourth-order valence-corrected chi connectivity index (χ4v) is 4.74. The van der Waals surface area contributed by atoms with Gasteiger partial charge in [0.1, 0.15) is 0 Å². The van der Waals surface area contributed by atoms with Crippen LogP contribution in [0.2, 0.25) is 0 Å². The second-order valence-electron chi connectivity index (χ2n) is 7.11. The lowest BCUT2D eigenvalue weighted by Gasteiger charge is -2.33. The van der Waals surface area contributed by atoms with E-state index in [4.69, 9.17) is 0 Å². The minimum absolute atomic E-state index is 0.0258. The highest BCUT2D eigenvalue weighted by Gasteiger charge is 2.28. The molecule has 28 heavy (non-hydrogen) atoms. The standard InChI is InChI=1S/C21H27N3O3S/c1-18(19-8-4-2-5-9-19)16-22-21(25)17-23-12-14-24(15-13-23)28(26,27)20-10-6-3-7-11-20/h2-11,18H,12-17H2,1H3,(H,22,25)/t18-/m1/s1. The number of sulfonamides is 1. The minimum Gasteiger partial charge on any atom is -0.354 e. The summed E-state index contributed by atoms with van der Waals surface area (Å²) in [5, 5.41) is 2.98. The number of nitrogens with zero attached hydrogens (tertiary/aromatic N) is 2. The third-order valence-electron chi connectivity index (χ3n) is 5.05. The van der Waals surface area contributed by atoms with Crippen molar-refractivity contribution in [3.8, 4) is 0 Å². The molecule has 0 aromatic heterocycles. The van der Waals surface area contributed by atoms with Gasteiger partial charge in [0.05, 0.1) is 11.4 Å². The lowest BCUT2D eigenvalue weighted by Crippen LogP contribution is -2.51. The van der Waals surface area contributed by atoms with Gasteiger partial charge in [-0.25, -0.2) is 8.42 Å². The molecule has 0 unspecified atom stereocenters. The van der Waals surface area contributed by atoms with Crippen LogP contribution in [0.3, 0.4) is 0 Å². The predicted octanol–water partition coefficient (Wildman–Crippen LogP) is 1.91. The first-order chi connectivity index (χ1) is 13.5. The number of carbonyl (C=O) groups excluding carboxylic acids is 1. The maximum atomic E-state index is 12.7. The molecule has 7 heteroatoms. The Bertz CT molecular complexity index is 864. The Kier molecular flexibility index (Phi) is 6.83. The van der Waals surface area contributed by atoms with E-state index < -0.39 is 10.0 Å². The SMILES string of the molecule is C[C@H](CNC(=O)CN1CCN(S(=O)(=O)c2ccccc2)CC1)c1ccccc1. The van der Waals surface area contributed by atoms with Crippen molar-refractivity contribution in [2.24, 2.45) is 0 Å². The van der Waals surface area contributed by atoms with Crippen LogP contribution in [-0.4, -0.2) is 62.8 Å². The van der Waals surface area contributed by atoms with Crippen molar-refractivity contribution in [3.63, 3.8) is 0 Å². The molecule has 3 rings (SSSR count). The fraction of sp³-hybridized carbons (Fsp3) is 0.381. The molecular formula is C21H27N3O3S. The van der Waals surface area contributed by atoms with Crippen molar-refractivity contribution in [2.45, 2.75) is 17.7 Å². The molecule has 2 aromatic carbocycles. The molecule has 1 heterocycles. The summed E-state index contributed by atoms with van der Waals surface area (Å²) in [5.41, 5.74) is 1.20. The first-order valence-electron chi connectivity index (χ1n) is 9.56. The second-order valence-corrected chi connectivity index (χ2v) is 9.05. The molecule has 1 saturated heterocycles. The summed E-state index contributed by atoms with van der Waals surface area (Å²) in [5.74, 6) is 0.222. The topological polar surface area (TPSA) is 69.7 Å². The maximum Gasteiger partial charge on any atom is 0.243 e. The molecule has 1 N–H and O–H groups in total. The molecule has 1 atom stereocenters. The van der Waals surface area contributed by atoms with Crippen LogP contribution in [0.5, 0.6) is 0 Å². The number of nitrogens with one attached hydrogen (secondary N) is 1. The van der Waals surface area contributed by atoms with E-state index in [1.807, 2.05) is 23.1 Å². The summed E-state index contributed by atoms with van der Waals surface area (Å²) in [6.07, 6.45) is 0. The molecule has 1 aliphatic rings. The van der Waals surface area contributed by atoms with Gasteiger partial charge in [-0.15, -0.1) is 0 Å². The zero-order chi connectivity index (χ0) is 20.0. The first-order valence-corrected chi connectivity index (χ1v) is 11.0. The number of rotatable bonds is 7. The molecule has 1 amide bonds. The number of hydrogen-bond acceptors (Lipinski definition) is 4. The number of amides is 1. The van der Waals surface area contributed by atoms with Crippen LogP contribution in [0.25, 0.3) is 0 Å². The summed E-state index contributed by atoms with van der Waals surface area (Å²) in [7, 11) is -3.46. The van der Waals surface area contributed by atoms with Gasteiger partial charge in [-0.05, 0) is 23.6 Å². The number of hydrogen-bond donors (Lipinski definition) is 1. The lowest BCUT2D eigenvalue weighted by atomic mass is 10.0. The molecule has 6 nitrogen and oxygen atoms in total.